The van der Waals surface area contributed by atoms with Gasteiger partial charge < -0.3 is 0 Å². The van der Waals surface area contributed by atoms with Crippen molar-refractivity contribution in [2.45, 2.75) is 40.0 Å². The molecule has 1 aliphatic carbocycles. The summed E-state index contributed by atoms with van der Waals surface area (Å²) in [5.74, 6) is 0.884. The first-order valence-electron chi connectivity index (χ1n) is 3.88. The summed E-state index contributed by atoms with van der Waals surface area (Å²) in [6.07, 6.45) is 4.20. The van der Waals surface area contributed by atoms with Gasteiger partial charge in [0.2, 0.25) is 0 Å². The summed E-state index contributed by atoms with van der Waals surface area (Å²) in [5.41, 5.74) is 3.27. The van der Waals surface area contributed by atoms with Crippen molar-refractivity contribution in [3.8, 4) is 0 Å². The van der Waals surface area contributed by atoms with Crippen LogP contribution < -0.4 is 0 Å². The molecule has 1 unspecified atom stereocenters. The minimum atomic E-state index is 0.884. The van der Waals surface area contributed by atoms with Gasteiger partial charge in [0.1, 0.15) is 0 Å². The molecule has 52 valence electrons. The molecule has 0 N–H and O–H groups in total. The Morgan fingerprint density at radius 3 is 2.33 bits per heavy atom. The van der Waals surface area contributed by atoms with Gasteiger partial charge in [-0.3, -0.25) is 0 Å². The largest absolute Gasteiger partial charge is 0.0770 e. The Morgan fingerprint density at radius 2 is 2.11 bits per heavy atom. The molecule has 1 fully saturated rings. The maximum Gasteiger partial charge on any atom is -0.0229 e. The zero-order valence-corrected chi connectivity index (χ0v) is 6.70. The second-order valence-electron chi connectivity index (χ2n) is 3.32. The lowest BCUT2D eigenvalue weighted by Crippen LogP contribution is -1.90. The summed E-state index contributed by atoms with van der Waals surface area (Å²) < 4.78 is 0. The smallest absolute Gasteiger partial charge is 0.0229 e. The Balaban J connectivity index is 2.70. The number of hydrogen-bond acceptors (Lipinski definition) is 0. The van der Waals surface area contributed by atoms with Gasteiger partial charge in [0.05, 0.1) is 0 Å². The van der Waals surface area contributed by atoms with Crippen LogP contribution in [0.15, 0.2) is 11.1 Å². The average Bonchev–Trinajstić information content (AvgIpc) is 2.13. The molecule has 1 aliphatic rings. The van der Waals surface area contributed by atoms with Crippen molar-refractivity contribution in [3.63, 3.8) is 0 Å². The first-order valence-corrected chi connectivity index (χ1v) is 3.88. The quantitative estimate of drug-likeness (QED) is 0.435. The first-order chi connectivity index (χ1) is 4.22. The van der Waals surface area contributed by atoms with Crippen LogP contribution in [-0.2, 0) is 0 Å². The van der Waals surface area contributed by atoms with Crippen LogP contribution in [0.25, 0.3) is 0 Å². The van der Waals surface area contributed by atoms with Crippen molar-refractivity contribution in [2.24, 2.45) is 5.92 Å². The minimum absolute atomic E-state index is 0.884. The van der Waals surface area contributed by atoms with Crippen molar-refractivity contribution in [1.29, 1.82) is 0 Å². The fourth-order valence-corrected chi connectivity index (χ4v) is 1.76. The summed E-state index contributed by atoms with van der Waals surface area (Å²) >= 11 is 0. The molecule has 9 heavy (non-hydrogen) atoms. The molecule has 0 heterocycles. The monoisotopic (exact) mass is 124 g/mol. The molecule has 0 nitrogen and oxygen atoms in total. The molecule has 0 spiro atoms. The van der Waals surface area contributed by atoms with E-state index >= 15 is 0 Å². The second kappa shape index (κ2) is 2.55. The Morgan fingerprint density at radius 1 is 1.44 bits per heavy atom. The zero-order valence-electron chi connectivity index (χ0n) is 6.70. The Hall–Kier alpha value is -0.260. The highest BCUT2D eigenvalue weighted by atomic mass is 14.2. The van der Waals surface area contributed by atoms with E-state index in [-0.39, 0.29) is 0 Å². The fourth-order valence-electron chi connectivity index (χ4n) is 1.76. The third kappa shape index (κ3) is 1.35. The van der Waals surface area contributed by atoms with Gasteiger partial charge >= 0.3 is 0 Å². The molecule has 0 radical (unpaired) electrons. The van der Waals surface area contributed by atoms with Gasteiger partial charge in [0, 0.05) is 0 Å². The minimum Gasteiger partial charge on any atom is -0.0770 e. The van der Waals surface area contributed by atoms with E-state index in [2.05, 4.69) is 20.8 Å². The predicted octanol–water partition coefficient (Wildman–Crippen LogP) is 3.14. The lowest BCUT2D eigenvalue weighted by molar-refractivity contribution is 0.691. The molecule has 0 saturated heterocycles. The van der Waals surface area contributed by atoms with Gasteiger partial charge in [-0.1, -0.05) is 18.1 Å². The van der Waals surface area contributed by atoms with Crippen LogP contribution in [0.1, 0.15) is 40.0 Å². The van der Waals surface area contributed by atoms with Crippen LogP contribution in [0.5, 0.6) is 0 Å². The van der Waals surface area contributed by atoms with E-state index in [1.165, 1.54) is 19.3 Å². The molecule has 0 aromatic rings. The van der Waals surface area contributed by atoms with E-state index in [4.69, 9.17) is 0 Å². The number of hydrogen-bond donors (Lipinski definition) is 0. The lowest BCUT2D eigenvalue weighted by atomic mass is 10.0. The van der Waals surface area contributed by atoms with Gasteiger partial charge in [-0.2, -0.15) is 0 Å². The summed E-state index contributed by atoms with van der Waals surface area (Å²) in [7, 11) is 0. The van der Waals surface area contributed by atoms with Crippen molar-refractivity contribution >= 4 is 0 Å². The highest BCUT2D eigenvalue weighted by molar-refractivity contribution is 5.15. The molecular formula is C9H16. The molecule has 1 atom stereocenters. The Labute approximate surface area is 58.0 Å². The third-order valence-corrected chi connectivity index (χ3v) is 2.32. The van der Waals surface area contributed by atoms with E-state index in [0.29, 0.717) is 0 Å². The van der Waals surface area contributed by atoms with Gasteiger partial charge in [-0.25, -0.2) is 0 Å². The van der Waals surface area contributed by atoms with Gasteiger partial charge in [0.15, 0.2) is 0 Å². The van der Waals surface area contributed by atoms with Crippen molar-refractivity contribution < 1.29 is 0 Å². The van der Waals surface area contributed by atoms with E-state index in [0.717, 1.165) is 5.92 Å². The van der Waals surface area contributed by atoms with E-state index in [1.807, 2.05) is 0 Å². The summed E-state index contributed by atoms with van der Waals surface area (Å²) in [4.78, 5) is 0. The van der Waals surface area contributed by atoms with Crippen LogP contribution in [-0.4, -0.2) is 0 Å². The summed E-state index contributed by atoms with van der Waals surface area (Å²) in [5, 5.41) is 0. The molecule has 0 amide bonds. The highest BCUT2D eigenvalue weighted by Gasteiger charge is 2.16. The summed E-state index contributed by atoms with van der Waals surface area (Å²) in [6, 6.07) is 0. The maximum absolute atomic E-state index is 2.34. The van der Waals surface area contributed by atoms with E-state index in [9.17, 15) is 0 Å². The Bertz CT molecular complexity index is 127. The number of rotatable bonds is 0. The number of allylic oxidation sites excluding steroid dienone is 2. The standard InChI is InChI=1S/C9H16/c1-7(2)9-6-4-5-8(9)3/h8H,4-6H2,1-3H3. The molecule has 1 saturated carbocycles. The molecule has 0 aromatic heterocycles. The average molecular weight is 124 g/mol. The molecular weight excluding hydrogens is 108 g/mol. The third-order valence-electron chi connectivity index (χ3n) is 2.32. The zero-order chi connectivity index (χ0) is 6.85. The molecule has 1 rings (SSSR count). The normalized spacial score (nSPS) is 27.0. The van der Waals surface area contributed by atoms with E-state index in [1.54, 1.807) is 11.1 Å². The topological polar surface area (TPSA) is 0 Å². The Kier molecular flexibility index (Phi) is 1.94. The SMILES string of the molecule is CC(C)=C1CCCC1C. The van der Waals surface area contributed by atoms with Gasteiger partial charge in [-0.15, -0.1) is 0 Å². The van der Waals surface area contributed by atoms with Crippen LogP contribution in [0.4, 0.5) is 0 Å². The fraction of sp³-hybridized carbons (Fsp3) is 0.778. The lowest BCUT2D eigenvalue weighted by Gasteiger charge is -2.05. The molecule has 0 bridgehead atoms. The van der Waals surface area contributed by atoms with E-state index < -0.39 is 0 Å². The van der Waals surface area contributed by atoms with Crippen molar-refractivity contribution in [1.82, 2.24) is 0 Å². The molecule has 0 aliphatic heterocycles. The van der Waals surface area contributed by atoms with Crippen LogP contribution in [0, 0.1) is 5.92 Å². The van der Waals surface area contributed by atoms with Crippen LogP contribution in [0.2, 0.25) is 0 Å². The molecule has 0 aromatic carbocycles. The second-order valence-corrected chi connectivity index (χ2v) is 3.32. The van der Waals surface area contributed by atoms with Crippen molar-refractivity contribution in [3.05, 3.63) is 11.1 Å². The highest BCUT2D eigenvalue weighted by Crippen LogP contribution is 2.32. The van der Waals surface area contributed by atoms with Gasteiger partial charge in [0.25, 0.3) is 0 Å². The van der Waals surface area contributed by atoms with Crippen molar-refractivity contribution in [2.75, 3.05) is 0 Å². The van der Waals surface area contributed by atoms with Crippen LogP contribution in [0.3, 0.4) is 0 Å². The molecule has 0 heteroatoms. The van der Waals surface area contributed by atoms with Crippen LogP contribution >= 0.6 is 0 Å². The first kappa shape index (κ1) is 6.85. The predicted molar refractivity (Wildman–Crippen MR) is 41.4 cm³/mol. The maximum atomic E-state index is 2.34. The van der Waals surface area contributed by atoms with Gasteiger partial charge in [-0.05, 0) is 39.0 Å². The summed E-state index contributed by atoms with van der Waals surface area (Å²) in [6.45, 7) is 6.81.